The SMILES string of the molecule is COC(=O)c1cc(NC(N)=O)ccc1Cl. The van der Waals surface area contributed by atoms with Gasteiger partial charge in [0.2, 0.25) is 0 Å². The van der Waals surface area contributed by atoms with Crippen molar-refractivity contribution >= 4 is 29.3 Å². The molecule has 3 N–H and O–H groups in total. The Morgan fingerprint density at radius 3 is 2.67 bits per heavy atom. The Balaban J connectivity index is 3.05. The van der Waals surface area contributed by atoms with Crippen LogP contribution >= 0.6 is 11.6 Å². The lowest BCUT2D eigenvalue weighted by Gasteiger charge is -2.05. The fraction of sp³-hybridized carbons (Fsp3) is 0.111. The average Bonchev–Trinajstić information content (AvgIpc) is 2.19. The number of anilines is 1. The molecule has 0 radical (unpaired) electrons. The van der Waals surface area contributed by atoms with Gasteiger partial charge in [-0.05, 0) is 18.2 Å². The quantitative estimate of drug-likeness (QED) is 0.755. The van der Waals surface area contributed by atoms with E-state index in [4.69, 9.17) is 17.3 Å². The third kappa shape index (κ3) is 2.85. The van der Waals surface area contributed by atoms with Crippen LogP contribution in [0.5, 0.6) is 0 Å². The second-order valence-corrected chi connectivity index (χ2v) is 3.08. The number of nitrogens with one attached hydrogen (secondary N) is 1. The number of carbonyl (C=O) groups excluding carboxylic acids is 2. The van der Waals surface area contributed by atoms with Gasteiger partial charge in [-0.25, -0.2) is 9.59 Å². The van der Waals surface area contributed by atoms with Crippen LogP contribution in [-0.4, -0.2) is 19.1 Å². The Labute approximate surface area is 91.2 Å². The first kappa shape index (κ1) is 11.3. The highest BCUT2D eigenvalue weighted by Gasteiger charge is 2.11. The van der Waals surface area contributed by atoms with Crippen molar-refractivity contribution in [1.82, 2.24) is 0 Å². The van der Waals surface area contributed by atoms with Crippen LogP contribution in [0, 0.1) is 0 Å². The maximum absolute atomic E-state index is 11.2. The number of hydrogen-bond acceptors (Lipinski definition) is 3. The molecule has 1 rings (SSSR count). The van der Waals surface area contributed by atoms with E-state index in [1.807, 2.05) is 0 Å². The highest BCUT2D eigenvalue weighted by Crippen LogP contribution is 2.21. The van der Waals surface area contributed by atoms with Gasteiger partial charge in [0.05, 0.1) is 17.7 Å². The normalized spacial score (nSPS) is 9.47. The number of carbonyl (C=O) groups is 2. The summed E-state index contributed by atoms with van der Waals surface area (Å²) in [5, 5.41) is 2.57. The number of hydrogen-bond donors (Lipinski definition) is 2. The Kier molecular flexibility index (Phi) is 3.51. The van der Waals surface area contributed by atoms with Gasteiger partial charge >= 0.3 is 12.0 Å². The summed E-state index contributed by atoms with van der Waals surface area (Å²) in [4.78, 5) is 21.8. The molecule has 1 aromatic rings. The lowest BCUT2D eigenvalue weighted by Crippen LogP contribution is -2.19. The lowest BCUT2D eigenvalue weighted by molar-refractivity contribution is 0.0601. The van der Waals surface area contributed by atoms with Crippen LogP contribution in [0.2, 0.25) is 5.02 Å². The zero-order valence-electron chi connectivity index (χ0n) is 7.91. The van der Waals surface area contributed by atoms with Crippen LogP contribution in [0.1, 0.15) is 10.4 Å². The summed E-state index contributed by atoms with van der Waals surface area (Å²) < 4.78 is 4.51. The third-order valence-electron chi connectivity index (χ3n) is 1.64. The molecule has 80 valence electrons. The molecule has 0 fully saturated rings. The van der Waals surface area contributed by atoms with Gasteiger partial charge in [-0.3, -0.25) is 0 Å². The Morgan fingerprint density at radius 1 is 1.47 bits per heavy atom. The molecule has 2 amide bonds. The van der Waals surface area contributed by atoms with Crippen LogP contribution in [0.3, 0.4) is 0 Å². The monoisotopic (exact) mass is 228 g/mol. The van der Waals surface area contributed by atoms with E-state index in [1.54, 1.807) is 0 Å². The van der Waals surface area contributed by atoms with Gasteiger partial charge in [-0.1, -0.05) is 11.6 Å². The molecule has 0 aliphatic heterocycles. The fourth-order valence-corrected chi connectivity index (χ4v) is 1.21. The molecule has 1 aromatic carbocycles. The number of urea groups is 1. The van der Waals surface area contributed by atoms with Crippen LogP contribution < -0.4 is 11.1 Å². The summed E-state index contributed by atoms with van der Waals surface area (Å²) >= 11 is 5.76. The highest BCUT2D eigenvalue weighted by molar-refractivity contribution is 6.33. The largest absolute Gasteiger partial charge is 0.465 e. The summed E-state index contributed by atoms with van der Waals surface area (Å²) in [6.45, 7) is 0. The molecule has 0 bridgehead atoms. The minimum atomic E-state index is -0.715. The zero-order chi connectivity index (χ0) is 11.4. The van der Waals surface area contributed by atoms with Crippen molar-refractivity contribution in [2.24, 2.45) is 5.73 Å². The number of halogens is 1. The minimum Gasteiger partial charge on any atom is -0.465 e. The number of benzene rings is 1. The first-order chi connectivity index (χ1) is 7.04. The van der Waals surface area contributed by atoms with Gasteiger partial charge in [0.15, 0.2) is 0 Å². The molecule has 0 unspecified atom stereocenters. The first-order valence-corrected chi connectivity index (χ1v) is 4.36. The molecule has 0 spiro atoms. The van der Waals surface area contributed by atoms with E-state index >= 15 is 0 Å². The Bertz CT molecular complexity index is 406. The Hall–Kier alpha value is -1.75. The number of amides is 2. The Morgan fingerprint density at radius 2 is 2.13 bits per heavy atom. The third-order valence-corrected chi connectivity index (χ3v) is 1.97. The summed E-state index contributed by atoms with van der Waals surface area (Å²) in [5.41, 5.74) is 5.48. The highest BCUT2D eigenvalue weighted by atomic mass is 35.5. The van der Waals surface area contributed by atoms with Gasteiger partial charge in [0, 0.05) is 5.69 Å². The van der Waals surface area contributed by atoms with Crippen molar-refractivity contribution in [1.29, 1.82) is 0 Å². The summed E-state index contributed by atoms with van der Waals surface area (Å²) in [6.07, 6.45) is 0. The minimum absolute atomic E-state index is 0.172. The van der Waals surface area contributed by atoms with Crippen molar-refractivity contribution in [3.05, 3.63) is 28.8 Å². The first-order valence-electron chi connectivity index (χ1n) is 3.99. The van der Waals surface area contributed by atoms with E-state index in [1.165, 1.54) is 25.3 Å². The summed E-state index contributed by atoms with van der Waals surface area (Å²) in [5.74, 6) is -0.576. The summed E-state index contributed by atoms with van der Waals surface area (Å²) in [6, 6.07) is 3.67. The molecule has 6 heteroatoms. The van der Waals surface area contributed by atoms with Crippen molar-refractivity contribution < 1.29 is 14.3 Å². The molecular weight excluding hydrogens is 220 g/mol. The zero-order valence-corrected chi connectivity index (χ0v) is 8.67. The molecule has 0 saturated heterocycles. The van der Waals surface area contributed by atoms with E-state index in [0.717, 1.165) is 0 Å². The predicted molar refractivity (Wildman–Crippen MR) is 56.0 cm³/mol. The molecule has 0 heterocycles. The standard InChI is InChI=1S/C9H9ClN2O3/c1-15-8(13)6-4-5(12-9(11)14)2-3-7(6)10/h2-4H,1H3,(H3,11,12,14). The molecule has 0 saturated carbocycles. The van der Waals surface area contributed by atoms with Crippen LogP contribution in [0.15, 0.2) is 18.2 Å². The number of methoxy groups -OCH3 is 1. The van der Waals surface area contributed by atoms with E-state index in [9.17, 15) is 9.59 Å². The summed E-state index contributed by atoms with van der Waals surface area (Å²) in [7, 11) is 1.24. The van der Waals surface area contributed by atoms with Crippen molar-refractivity contribution in [2.45, 2.75) is 0 Å². The maximum atomic E-state index is 11.2. The number of esters is 1. The molecular formula is C9H9ClN2O3. The van der Waals surface area contributed by atoms with Gasteiger partial charge in [0.1, 0.15) is 0 Å². The van der Waals surface area contributed by atoms with Gasteiger partial charge in [0.25, 0.3) is 0 Å². The van der Waals surface area contributed by atoms with Crippen LogP contribution in [-0.2, 0) is 4.74 Å². The van der Waals surface area contributed by atoms with Crippen molar-refractivity contribution in [2.75, 3.05) is 12.4 Å². The lowest BCUT2D eigenvalue weighted by atomic mass is 10.2. The van der Waals surface area contributed by atoms with Gasteiger partial charge in [-0.2, -0.15) is 0 Å². The fourth-order valence-electron chi connectivity index (χ4n) is 1.01. The number of rotatable bonds is 2. The molecule has 0 aromatic heterocycles. The molecule has 5 nitrogen and oxygen atoms in total. The second-order valence-electron chi connectivity index (χ2n) is 2.68. The van der Waals surface area contributed by atoms with Crippen LogP contribution in [0.4, 0.5) is 10.5 Å². The maximum Gasteiger partial charge on any atom is 0.339 e. The van der Waals surface area contributed by atoms with E-state index < -0.39 is 12.0 Å². The smallest absolute Gasteiger partial charge is 0.339 e. The molecule has 0 aliphatic rings. The number of primary amides is 1. The topological polar surface area (TPSA) is 81.4 Å². The second kappa shape index (κ2) is 4.65. The molecule has 0 atom stereocenters. The van der Waals surface area contributed by atoms with Crippen molar-refractivity contribution in [3.8, 4) is 0 Å². The van der Waals surface area contributed by atoms with Crippen molar-refractivity contribution in [3.63, 3.8) is 0 Å². The van der Waals surface area contributed by atoms with E-state index in [-0.39, 0.29) is 10.6 Å². The molecule has 15 heavy (non-hydrogen) atoms. The van der Waals surface area contributed by atoms with E-state index in [0.29, 0.717) is 5.69 Å². The predicted octanol–water partition coefficient (Wildman–Crippen LogP) is 1.62. The van der Waals surface area contributed by atoms with E-state index in [2.05, 4.69) is 10.1 Å². The average molecular weight is 229 g/mol. The van der Waals surface area contributed by atoms with Crippen LogP contribution in [0.25, 0.3) is 0 Å². The van der Waals surface area contributed by atoms with Gasteiger partial charge in [-0.15, -0.1) is 0 Å². The number of ether oxygens (including phenoxy) is 1. The number of nitrogens with two attached hydrogens (primary N) is 1. The van der Waals surface area contributed by atoms with Gasteiger partial charge < -0.3 is 15.8 Å². The molecule has 0 aliphatic carbocycles.